The molecular weight excluding hydrogens is 318 g/mol. The molecule has 1 fully saturated rings. The van der Waals surface area contributed by atoms with E-state index in [2.05, 4.69) is 15.2 Å². The molecule has 130 valence electrons. The van der Waals surface area contributed by atoms with Crippen molar-refractivity contribution >= 4 is 11.9 Å². The Balaban J connectivity index is 1.74. The summed E-state index contributed by atoms with van der Waals surface area (Å²) in [5.74, 6) is -0.831. The van der Waals surface area contributed by atoms with Crippen LogP contribution in [-0.2, 0) is 17.9 Å². The van der Waals surface area contributed by atoms with E-state index in [1.165, 1.54) is 0 Å². The van der Waals surface area contributed by atoms with Gasteiger partial charge in [0, 0.05) is 44.5 Å². The summed E-state index contributed by atoms with van der Waals surface area (Å²) in [5, 5.41) is 12.2. The van der Waals surface area contributed by atoms with E-state index in [1.807, 2.05) is 24.4 Å². The number of aromatic carboxylic acids is 1. The van der Waals surface area contributed by atoms with Crippen molar-refractivity contribution in [3.63, 3.8) is 0 Å². The summed E-state index contributed by atoms with van der Waals surface area (Å²) in [6.07, 6.45) is 4.96. The first-order valence-corrected chi connectivity index (χ1v) is 8.33. The van der Waals surface area contributed by atoms with Gasteiger partial charge in [-0.15, -0.1) is 0 Å². The van der Waals surface area contributed by atoms with E-state index in [0.29, 0.717) is 19.5 Å². The van der Waals surface area contributed by atoms with Crippen LogP contribution < -0.4 is 5.32 Å². The van der Waals surface area contributed by atoms with Gasteiger partial charge in [0.05, 0.1) is 5.56 Å². The van der Waals surface area contributed by atoms with E-state index in [9.17, 15) is 9.59 Å². The van der Waals surface area contributed by atoms with Crippen molar-refractivity contribution in [3.8, 4) is 0 Å². The van der Waals surface area contributed by atoms with Crippen molar-refractivity contribution < 1.29 is 14.7 Å². The molecule has 0 saturated carbocycles. The molecule has 2 heterocycles. The molecule has 2 aromatic rings. The fourth-order valence-corrected chi connectivity index (χ4v) is 3.12. The average molecular weight is 339 g/mol. The van der Waals surface area contributed by atoms with Crippen LogP contribution in [0.1, 0.15) is 34.3 Å². The topological polar surface area (TPSA) is 82.5 Å². The first-order chi connectivity index (χ1) is 12.1. The second-order valence-corrected chi connectivity index (χ2v) is 6.34. The number of pyridine rings is 1. The van der Waals surface area contributed by atoms with Crippen molar-refractivity contribution in [3.05, 3.63) is 65.5 Å². The third-order valence-corrected chi connectivity index (χ3v) is 4.27. The van der Waals surface area contributed by atoms with Gasteiger partial charge in [-0.25, -0.2) is 4.79 Å². The lowest BCUT2D eigenvalue weighted by Gasteiger charge is -2.25. The van der Waals surface area contributed by atoms with Gasteiger partial charge in [-0.1, -0.05) is 18.2 Å². The van der Waals surface area contributed by atoms with Gasteiger partial charge in [0.1, 0.15) is 0 Å². The van der Waals surface area contributed by atoms with Crippen molar-refractivity contribution in [1.82, 2.24) is 15.2 Å². The van der Waals surface area contributed by atoms with Crippen LogP contribution in [-0.4, -0.2) is 39.5 Å². The Morgan fingerprint density at radius 3 is 2.72 bits per heavy atom. The third kappa shape index (κ3) is 4.87. The molecule has 0 unspecified atom stereocenters. The number of carboxylic acid groups (broad SMARTS) is 1. The maximum Gasteiger partial charge on any atom is 0.335 e. The van der Waals surface area contributed by atoms with Crippen LogP contribution >= 0.6 is 0 Å². The Hall–Kier alpha value is -2.73. The van der Waals surface area contributed by atoms with Crippen LogP contribution in [0.25, 0.3) is 0 Å². The van der Waals surface area contributed by atoms with E-state index >= 15 is 0 Å². The van der Waals surface area contributed by atoms with Crippen molar-refractivity contribution in [1.29, 1.82) is 0 Å². The smallest absolute Gasteiger partial charge is 0.335 e. The molecule has 1 aliphatic rings. The molecule has 0 bridgehead atoms. The second kappa shape index (κ2) is 7.90. The van der Waals surface area contributed by atoms with Crippen LogP contribution in [0.3, 0.4) is 0 Å². The van der Waals surface area contributed by atoms with E-state index in [1.54, 1.807) is 24.4 Å². The number of amides is 1. The van der Waals surface area contributed by atoms with Gasteiger partial charge in [0.25, 0.3) is 0 Å². The molecule has 1 saturated heterocycles. The summed E-state index contributed by atoms with van der Waals surface area (Å²) in [4.78, 5) is 29.0. The monoisotopic (exact) mass is 339 g/mol. The minimum absolute atomic E-state index is 0.0965. The number of hydrogen-bond acceptors (Lipinski definition) is 4. The predicted octanol–water partition coefficient (Wildman–Crippen LogP) is 2.06. The largest absolute Gasteiger partial charge is 0.478 e. The van der Waals surface area contributed by atoms with Crippen LogP contribution in [0.5, 0.6) is 0 Å². The number of carbonyl (C=O) groups excluding carboxylic acids is 1. The lowest BCUT2D eigenvalue weighted by Crippen LogP contribution is -2.38. The molecule has 0 aliphatic carbocycles. The van der Waals surface area contributed by atoms with Gasteiger partial charge in [0.15, 0.2) is 0 Å². The fraction of sp³-hybridized carbons (Fsp3) is 0.316. The van der Waals surface area contributed by atoms with E-state index in [0.717, 1.165) is 24.1 Å². The van der Waals surface area contributed by atoms with Gasteiger partial charge in [-0.3, -0.25) is 14.7 Å². The summed E-state index contributed by atoms with van der Waals surface area (Å²) in [6.45, 7) is 2.03. The fourth-order valence-electron chi connectivity index (χ4n) is 3.12. The second-order valence-electron chi connectivity index (χ2n) is 6.34. The number of rotatable bonds is 7. The molecule has 0 spiro atoms. The van der Waals surface area contributed by atoms with Gasteiger partial charge in [-0.2, -0.15) is 0 Å². The summed E-state index contributed by atoms with van der Waals surface area (Å²) >= 11 is 0. The Kier molecular flexibility index (Phi) is 5.40. The van der Waals surface area contributed by atoms with Crippen LogP contribution in [0.2, 0.25) is 0 Å². The predicted molar refractivity (Wildman–Crippen MR) is 92.9 cm³/mol. The SMILES string of the molecule is O=C1CC[C@@H](CN(Cc2cccnc2)Cc2cccc(C(=O)O)c2)N1. The summed E-state index contributed by atoms with van der Waals surface area (Å²) in [6, 6.07) is 11.0. The highest BCUT2D eigenvalue weighted by Crippen LogP contribution is 2.15. The Morgan fingerprint density at radius 2 is 2.04 bits per heavy atom. The number of nitrogens with one attached hydrogen (secondary N) is 1. The molecule has 1 aliphatic heterocycles. The number of carboxylic acids is 1. The zero-order chi connectivity index (χ0) is 17.6. The van der Waals surface area contributed by atoms with Crippen molar-refractivity contribution in [2.24, 2.45) is 0 Å². The van der Waals surface area contributed by atoms with Gasteiger partial charge in [0.2, 0.25) is 5.91 Å². The quantitative estimate of drug-likeness (QED) is 0.807. The minimum Gasteiger partial charge on any atom is -0.478 e. The Bertz CT molecular complexity index is 749. The maximum atomic E-state index is 11.5. The first kappa shape index (κ1) is 17.1. The standard InChI is InChI=1S/C19H21N3O3/c23-18-7-6-17(21-18)13-22(12-15-4-2-8-20-10-15)11-14-3-1-5-16(9-14)19(24)25/h1-5,8-10,17H,6-7,11-13H2,(H,21,23)(H,24,25)/t17-/m0/s1. The maximum absolute atomic E-state index is 11.5. The Labute approximate surface area is 146 Å². The number of hydrogen-bond donors (Lipinski definition) is 2. The van der Waals surface area contributed by atoms with E-state index in [-0.39, 0.29) is 17.5 Å². The lowest BCUT2D eigenvalue weighted by atomic mass is 10.1. The lowest BCUT2D eigenvalue weighted by molar-refractivity contribution is -0.119. The number of aromatic nitrogens is 1. The average Bonchev–Trinajstić information content (AvgIpc) is 3.01. The first-order valence-electron chi connectivity index (χ1n) is 8.33. The molecule has 1 aromatic heterocycles. The van der Waals surface area contributed by atoms with Crippen LogP contribution in [0.15, 0.2) is 48.8 Å². The normalized spacial score (nSPS) is 16.8. The van der Waals surface area contributed by atoms with Gasteiger partial charge in [-0.05, 0) is 35.7 Å². The molecule has 6 nitrogen and oxygen atoms in total. The highest BCUT2D eigenvalue weighted by Gasteiger charge is 2.23. The van der Waals surface area contributed by atoms with Crippen LogP contribution in [0, 0.1) is 0 Å². The zero-order valence-electron chi connectivity index (χ0n) is 13.9. The minimum atomic E-state index is -0.927. The van der Waals surface area contributed by atoms with Crippen LogP contribution in [0.4, 0.5) is 0 Å². The van der Waals surface area contributed by atoms with Gasteiger partial charge < -0.3 is 10.4 Å². The van der Waals surface area contributed by atoms with E-state index < -0.39 is 5.97 Å². The molecule has 25 heavy (non-hydrogen) atoms. The molecule has 1 amide bonds. The molecule has 3 rings (SSSR count). The number of nitrogens with zero attached hydrogens (tertiary/aromatic N) is 2. The zero-order valence-corrected chi connectivity index (χ0v) is 13.9. The highest BCUT2D eigenvalue weighted by atomic mass is 16.4. The number of carbonyl (C=O) groups is 2. The van der Waals surface area contributed by atoms with Crippen molar-refractivity contribution in [2.75, 3.05) is 6.54 Å². The van der Waals surface area contributed by atoms with E-state index in [4.69, 9.17) is 5.11 Å². The summed E-state index contributed by atoms with van der Waals surface area (Å²) in [7, 11) is 0. The molecule has 1 aromatic carbocycles. The number of benzene rings is 1. The summed E-state index contributed by atoms with van der Waals surface area (Å²) in [5.41, 5.74) is 2.31. The molecular formula is C19H21N3O3. The third-order valence-electron chi connectivity index (χ3n) is 4.27. The van der Waals surface area contributed by atoms with Gasteiger partial charge >= 0.3 is 5.97 Å². The molecule has 0 radical (unpaired) electrons. The molecule has 1 atom stereocenters. The Morgan fingerprint density at radius 1 is 1.24 bits per heavy atom. The molecule has 6 heteroatoms. The summed E-state index contributed by atoms with van der Waals surface area (Å²) < 4.78 is 0. The molecule has 2 N–H and O–H groups in total. The highest BCUT2D eigenvalue weighted by molar-refractivity contribution is 5.87. The van der Waals surface area contributed by atoms with Crippen molar-refractivity contribution in [2.45, 2.75) is 32.0 Å².